The quantitative estimate of drug-likeness (QED) is 0.845. The van der Waals surface area contributed by atoms with Gasteiger partial charge in [0.1, 0.15) is 12.4 Å². The predicted octanol–water partition coefficient (Wildman–Crippen LogP) is 2.38. The van der Waals surface area contributed by atoms with Crippen molar-refractivity contribution in [1.29, 1.82) is 0 Å². The molecule has 0 spiro atoms. The van der Waals surface area contributed by atoms with Crippen LogP contribution in [0.2, 0.25) is 0 Å². The van der Waals surface area contributed by atoms with Crippen LogP contribution >= 0.6 is 15.9 Å². The molecule has 2 rings (SSSR count). The SMILES string of the molecule is COCCCNC(=O)C1=Cc2cc(Br)ccc2OC1. The predicted molar refractivity (Wildman–Crippen MR) is 77.1 cm³/mol. The molecule has 1 aromatic rings. The van der Waals surface area contributed by atoms with Gasteiger partial charge in [-0.3, -0.25) is 4.79 Å². The van der Waals surface area contributed by atoms with Gasteiger partial charge in [-0.25, -0.2) is 0 Å². The summed E-state index contributed by atoms with van der Waals surface area (Å²) in [6.45, 7) is 1.56. The molecule has 0 fully saturated rings. The van der Waals surface area contributed by atoms with Gasteiger partial charge in [0.25, 0.3) is 5.91 Å². The van der Waals surface area contributed by atoms with Crippen LogP contribution in [0.5, 0.6) is 5.75 Å². The number of rotatable bonds is 5. The van der Waals surface area contributed by atoms with Crippen LogP contribution < -0.4 is 10.1 Å². The van der Waals surface area contributed by atoms with Gasteiger partial charge in [0.15, 0.2) is 0 Å². The van der Waals surface area contributed by atoms with Crippen LogP contribution in [0.15, 0.2) is 28.2 Å². The maximum atomic E-state index is 11.9. The molecular formula is C14H16BrNO3. The van der Waals surface area contributed by atoms with E-state index in [-0.39, 0.29) is 5.91 Å². The summed E-state index contributed by atoms with van der Waals surface area (Å²) in [4.78, 5) is 11.9. The van der Waals surface area contributed by atoms with Crippen LogP contribution in [0.25, 0.3) is 6.08 Å². The molecule has 0 aliphatic carbocycles. The number of carbonyl (C=O) groups excluding carboxylic acids is 1. The molecule has 5 heteroatoms. The van der Waals surface area contributed by atoms with E-state index in [0.29, 0.717) is 25.3 Å². The second kappa shape index (κ2) is 6.73. The number of hydrogen-bond acceptors (Lipinski definition) is 3. The number of fused-ring (bicyclic) bond motifs is 1. The summed E-state index contributed by atoms with van der Waals surface area (Å²) in [6.07, 6.45) is 2.67. The lowest BCUT2D eigenvalue weighted by atomic mass is 10.1. The van der Waals surface area contributed by atoms with Gasteiger partial charge in [-0.05, 0) is 30.7 Å². The molecule has 4 nitrogen and oxygen atoms in total. The van der Waals surface area contributed by atoms with Crippen molar-refractivity contribution >= 4 is 27.9 Å². The lowest BCUT2D eigenvalue weighted by molar-refractivity contribution is -0.117. The van der Waals surface area contributed by atoms with Crippen molar-refractivity contribution in [1.82, 2.24) is 5.32 Å². The Bertz CT molecular complexity index is 499. The lowest BCUT2D eigenvalue weighted by Crippen LogP contribution is -2.29. The third kappa shape index (κ3) is 3.81. The van der Waals surface area contributed by atoms with E-state index in [0.717, 1.165) is 22.2 Å². The van der Waals surface area contributed by atoms with Crippen LogP contribution in [0.4, 0.5) is 0 Å². The molecule has 0 radical (unpaired) electrons. The average molecular weight is 326 g/mol. The number of halogens is 1. The van der Waals surface area contributed by atoms with Crippen LogP contribution in [-0.2, 0) is 9.53 Å². The van der Waals surface area contributed by atoms with Gasteiger partial charge in [0.05, 0.1) is 5.57 Å². The smallest absolute Gasteiger partial charge is 0.250 e. The number of hydrogen-bond donors (Lipinski definition) is 1. The van der Waals surface area contributed by atoms with E-state index in [4.69, 9.17) is 9.47 Å². The molecule has 0 atom stereocenters. The Hall–Kier alpha value is -1.33. The Labute approximate surface area is 120 Å². The molecule has 19 heavy (non-hydrogen) atoms. The Morgan fingerprint density at radius 3 is 3.16 bits per heavy atom. The molecular weight excluding hydrogens is 310 g/mol. The standard InChI is InChI=1S/C14H16BrNO3/c1-18-6-2-5-16-14(17)11-7-10-8-12(15)3-4-13(10)19-9-11/h3-4,7-8H,2,5-6,9H2,1H3,(H,16,17). The summed E-state index contributed by atoms with van der Waals surface area (Å²) >= 11 is 3.41. The third-order valence-electron chi connectivity index (χ3n) is 2.79. The van der Waals surface area contributed by atoms with Crippen molar-refractivity contribution in [3.8, 4) is 5.75 Å². The summed E-state index contributed by atoms with van der Waals surface area (Å²) in [5.74, 6) is 0.723. The first kappa shape index (κ1) is 14.1. The summed E-state index contributed by atoms with van der Waals surface area (Å²) in [5.41, 5.74) is 1.56. The zero-order valence-corrected chi connectivity index (χ0v) is 12.3. The number of ether oxygens (including phenoxy) is 2. The topological polar surface area (TPSA) is 47.6 Å². The maximum absolute atomic E-state index is 11.9. The Morgan fingerprint density at radius 2 is 2.37 bits per heavy atom. The molecule has 1 aliphatic rings. The minimum Gasteiger partial charge on any atom is -0.488 e. The van der Waals surface area contributed by atoms with E-state index in [1.807, 2.05) is 24.3 Å². The highest BCUT2D eigenvalue weighted by Crippen LogP contribution is 2.29. The Balaban J connectivity index is 2.00. The maximum Gasteiger partial charge on any atom is 0.250 e. The zero-order valence-electron chi connectivity index (χ0n) is 10.7. The van der Waals surface area contributed by atoms with Gasteiger partial charge in [-0.2, -0.15) is 0 Å². The second-order valence-electron chi connectivity index (χ2n) is 4.24. The normalized spacial score (nSPS) is 13.3. The van der Waals surface area contributed by atoms with E-state index >= 15 is 0 Å². The van der Waals surface area contributed by atoms with Crippen molar-refractivity contribution in [3.63, 3.8) is 0 Å². The first-order valence-corrected chi connectivity index (χ1v) is 6.90. The molecule has 0 saturated heterocycles. The van der Waals surface area contributed by atoms with E-state index in [2.05, 4.69) is 21.2 Å². The first-order chi connectivity index (χ1) is 9.20. The van der Waals surface area contributed by atoms with Crippen LogP contribution in [0.3, 0.4) is 0 Å². The number of carbonyl (C=O) groups is 1. The molecule has 0 aromatic heterocycles. The highest BCUT2D eigenvalue weighted by Gasteiger charge is 2.16. The monoisotopic (exact) mass is 325 g/mol. The number of nitrogens with one attached hydrogen (secondary N) is 1. The van der Waals surface area contributed by atoms with Crippen molar-refractivity contribution in [3.05, 3.63) is 33.8 Å². The summed E-state index contributed by atoms with van der Waals surface area (Å²) in [7, 11) is 1.65. The zero-order chi connectivity index (χ0) is 13.7. The van der Waals surface area contributed by atoms with E-state index < -0.39 is 0 Å². The fourth-order valence-electron chi connectivity index (χ4n) is 1.81. The molecule has 1 N–H and O–H groups in total. The van der Waals surface area contributed by atoms with Gasteiger partial charge in [0.2, 0.25) is 0 Å². The van der Waals surface area contributed by atoms with Gasteiger partial charge < -0.3 is 14.8 Å². The van der Waals surface area contributed by atoms with Gasteiger partial charge in [-0.15, -0.1) is 0 Å². The minimum absolute atomic E-state index is 0.0817. The number of methoxy groups -OCH3 is 1. The van der Waals surface area contributed by atoms with Gasteiger partial charge >= 0.3 is 0 Å². The summed E-state index contributed by atoms with van der Waals surface area (Å²) < 4.78 is 11.5. The summed E-state index contributed by atoms with van der Waals surface area (Å²) in [6, 6.07) is 5.75. The minimum atomic E-state index is -0.0817. The fraction of sp³-hybridized carbons (Fsp3) is 0.357. The first-order valence-electron chi connectivity index (χ1n) is 6.11. The van der Waals surface area contributed by atoms with Gasteiger partial charge in [-0.1, -0.05) is 15.9 Å². The number of benzene rings is 1. The van der Waals surface area contributed by atoms with E-state index in [9.17, 15) is 4.79 Å². The van der Waals surface area contributed by atoms with Crippen LogP contribution in [0, 0.1) is 0 Å². The molecule has 1 aliphatic heterocycles. The van der Waals surface area contributed by atoms with Gasteiger partial charge in [0, 0.05) is 30.3 Å². The molecule has 1 amide bonds. The van der Waals surface area contributed by atoms with Crippen molar-refractivity contribution in [2.75, 3.05) is 26.9 Å². The Kier molecular flexibility index (Phi) is 4.99. The van der Waals surface area contributed by atoms with Crippen molar-refractivity contribution in [2.24, 2.45) is 0 Å². The average Bonchev–Trinajstić information content (AvgIpc) is 2.42. The molecule has 0 unspecified atom stereocenters. The van der Waals surface area contributed by atoms with E-state index in [1.165, 1.54) is 0 Å². The van der Waals surface area contributed by atoms with E-state index in [1.54, 1.807) is 7.11 Å². The van der Waals surface area contributed by atoms with Crippen LogP contribution in [-0.4, -0.2) is 32.8 Å². The molecule has 0 bridgehead atoms. The molecule has 1 heterocycles. The number of amides is 1. The third-order valence-corrected chi connectivity index (χ3v) is 3.28. The Morgan fingerprint density at radius 1 is 1.53 bits per heavy atom. The van der Waals surface area contributed by atoms with Crippen LogP contribution in [0.1, 0.15) is 12.0 Å². The molecule has 0 saturated carbocycles. The lowest BCUT2D eigenvalue weighted by Gasteiger charge is -2.17. The van der Waals surface area contributed by atoms with Crippen molar-refractivity contribution in [2.45, 2.75) is 6.42 Å². The van der Waals surface area contributed by atoms with Crippen molar-refractivity contribution < 1.29 is 14.3 Å². The highest BCUT2D eigenvalue weighted by atomic mass is 79.9. The highest BCUT2D eigenvalue weighted by molar-refractivity contribution is 9.10. The largest absolute Gasteiger partial charge is 0.488 e. The fourth-order valence-corrected chi connectivity index (χ4v) is 2.19. The molecule has 102 valence electrons. The summed E-state index contributed by atoms with van der Waals surface area (Å²) in [5, 5.41) is 2.85. The second-order valence-corrected chi connectivity index (χ2v) is 5.16. The molecule has 1 aromatic carbocycles.